The van der Waals surface area contributed by atoms with Crippen molar-refractivity contribution in [2.75, 3.05) is 13.1 Å². The molecule has 0 unspecified atom stereocenters. The van der Waals surface area contributed by atoms with Crippen LogP contribution in [0, 0.1) is 11.2 Å². The van der Waals surface area contributed by atoms with Crippen LogP contribution in [0.15, 0.2) is 24.3 Å². The van der Waals surface area contributed by atoms with Crippen LogP contribution in [-0.2, 0) is 6.42 Å². The zero-order valence-electron chi connectivity index (χ0n) is 10.5. The van der Waals surface area contributed by atoms with E-state index in [9.17, 15) is 4.39 Å². The molecule has 0 saturated heterocycles. The Morgan fingerprint density at radius 1 is 1.19 bits per heavy atom. The maximum Gasteiger partial charge on any atom is 0.123 e. The molecule has 1 nitrogen and oxygen atoms in total. The zero-order chi connectivity index (χ0) is 12.0. The summed E-state index contributed by atoms with van der Waals surface area (Å²) in [5.41, 5.74) is 1.51. The van der Waals surface area contributed by atoms with E-state index >= 15 is 0 Å². The summed E-state index contributed by atoms with van der Waals surface area (Å²) in [5.74, 6) is -0.157. The Morgan fingerprint density at radius 3 is 2.38 bits per heavy atom. The highest BCUT2D eigenvalue weighted by Gasteiger charge is 2.16. The van der Waals surface area contributed by atoms with Gasteiger partial charge in [-0.1, -0.05) is 32.9 Å². The van der Waals surface area contributed by atoms with Crippen LogP contribution in [0.5, 0.6) is 0 Å². The van der Waals surface area contributed by atoms with Crippen molar-refractivity contribution in [2.45, 2.75) is 33.6 Å². The minimum absolute atomic E-state index is 0.157. The van der Waals surface area contributed by atoms with Crippen molar-refractivity contribution in [1.82, 2.24) is 5.32 Å². The standard InChI is InChI=1S/C14H22FN/c1-4-16-11-14(2,3)10-9-12-5-7-13(15)8-6-12/h5-8,16H,4,9-11H2,1-3H3. The third-order valence-electron chi connectivity index (χ3n) is 2.86. The van der Waals surface area contributed by atoms with Crippen LogP contribution in [-0.4, -0.2) is 13.1 Å². The van der Waals surface area contributed by atoms with E-state index < -0.39 is 0 Å². The van der Waals surface area contributed by atoms with Gasteiger partial charge in [0.1, 0.15) is 5.82 Å². The molecule has 0 heterocycles. The summed E-state index contributed by atoms with van der Waals surface area (Å²) >= 11 is 0. The number of aryl methyl sites for hydroxylation is 1. The van der Waals surface area contributed by atoms with Crippen LogP contribution in [0.1, 0.15) is 32.8 Å². The predicted molar refractivity (Wildman–Crippen MR) is 67.0 cm³/mol. The van der Waals surface area contributed by atoms with Crippen molar-refractivity contribution in [2.24, 2.45) is 5.41 Å². The number of benzene rings is 1. The Balaban J connectivity index is 2.41. The van der Waals surface area contributed by atoms with Crippen molar-refractivity contribution < 1.29 is 4.39 Å². The first-order valence-electron chi connectivity index (χ1n) is 5.99. The first kappa shape index (κ1) is 13.2. The van der Waals surface area contributed by atoms with Crippen LogP contribution >= 0.6 is 0 Å². The first-order valence-corrected chi connectivity index (χ1v) is 5.99. The average molecular weight is 223 g/mol. The minimum Gasteiger partial charge on any atom is -0.316 e. The summed E-state index contributed by atoms with van der Waals surface area (Å²) in [6, 6.07) is 6.82. The van der Waals surface area contributed by atoms with Gasteiger partial charge in [0.25, 0.3) is 0 Å². The van der Waals surface area contributed by atoms with E-state index in [0.717, 1.165) is 25.9 Å². The molecular formula is C14H22FN. The quantitative estimate of drug-likeness (QED) is 0.779. The number of nitrogens with one attached hydrogen (secondary N) is 1. The van der Waals surface area contributed by atoms with Gasteiger partial charge in [-0.05, 0) is 42.5 Å². The molecule has 0 fully saturated rings. The Bertz CT molecular complexity index is 303. The van der Waals surface area contributed by atoms with Crippen molar-refractivity contribution in [3.05, 3.63) is 35.6 Å². The van der Waals surface area contributed by atoms with Crippen molar-refractivity contribution in [3.63, 3.8) is 0 Å². The molecule has 16 heavy (non-hydrogen) atoms. The van der Waals surface area contributed by atoms with Gasteiger partial charge in [0.2, 0.25) is 0 Å². The molecule has 0 aromatic heterocycles. The predicted octanol–water partition coefficient (Wildman–Crippen LogP) is 3.39. The molecule has 0 aliphatic rings. The SMILES string of the molecule is CCNCC(C)(C)CCc1ccc(F)cc1. The van der Waals surface area contributed by atoms with Crippen molar-refractivity contribution >= 4 is 0 Å². The largest absolute Gasteiger partial charge is 0.316 e. The van der Waals surface area contributed by atoms with E-state index in [1.165, 1.54) is 17.7 Å². The maximum atomic E-state index is 12.7. The summed E-state index contributed by atoms with van der Waals surface area (Å²) in [6.07, 6.45) is 2.13. The number of rotatable bonds is 6. The van der Waals surface area contributed by atoms with Crippen molar-refractivity contribution in [3.8, 4) is 0 Å². The molecule has 90 valence electrons. The fraction of sp³-hybridized carbons (Fsp3) is 0.571. The molecule has 1 aromatic carbocycles. The van der Waals surface area contributed by atoms with Crippen LogP contribution in [0.25, 0.3) is 0 Å². The summed E-state index contributed by atoms with van der Waals surface area (Å²) in [7, 11) is 0. The van der Waals surface area contributed by atoms with Gasteiger partial charge in [-0.3, -0.25) is 0 Å². The highest BCUT2D eigenvalue weighted by Crippen LogP contribution is 2.21. The molecule has 0 spiro atoms. The van der Waals surface area contributed by atoms with Gasteiger partial charge in [0.15, 0.2) is 0 Å². The molecular weight excluding hydrogens is 201 g/mol. The zero-order valence-corrected chi connectivity index (χ0v) is 10.5. The van der Waals surface area contributed by atoms with E-state index in [2.05, 4.69) is 26.1 Å². The lowest BCUT2D eigenvalue weighted by atomic mass is 9.86. The first-order chi connectivity index (χ1) is 7.53. The monoisotopic (exact) mass is 223 g/mol. The third-order valence-corrected chi connectivity index (χ3v) is 2.86. The Morgan fingerprint density at radius 2 is 1.81 bits per heavy atom. The number of hydrogen-bond donors (Lipinski definition) is 1. The third kappa shape index (κ3) is 4.75. The summed E-state index contributed by atoms with van der Waals surface area (Å²) in [6.45, 7) is 8.69. The Kier molecular flexibility index (Phi) is 4.94. The molecule has 1 aromatic rings. The second kappa shape index (κ2) is 6.00. The molecule has 0 bridgehead atoms. The summed E-state index contributed by atoms with van der Waals surface area (Å²) < 4.78 is 12.7. The smallest absolute Gasteiger partial charge is 0.123 e. The van der Waals surface area contributed by atoms with E-state index in [-0.39, 0.29) is 5.82 Å². The molecule has 2 heteroatoms. The van der Waals surface area contributed by atoms with Crippen molar-refractivity contribution in [1.29, 1.82) is 0 Å². The van der Waals surface area contributed by atoms with Crippen LogP contribution in [0.2, 0.25) is 0 Å². The van der Waals surface area contributed by atoms with Gasteiger partial charge in [-0.25, -0.2) is 4.39 Å². The molecule has 1 N–H and O–H groups in total. The fourth-order valence-electron chi connectivity index (χ4n) is 1.69. The molecule has 0 aliphatic carbocycles. The molecule has 1 rings (SSSR count). The highest BCUT2D eigenvalue weighted by atomic mass is 19.1. The lowest BCUT2D eigenvalue weighted by Crippen LogP contribution is -2.29. The molecule has 0 atom stereocenters. The van der Waals surface area contributed by atoms with E-state index in [0.29, 0.717) is 5.41 Å². The second-order valence-corrected chi connectivity index (χ2v) is 5.07. The number of halogens is 1. The van der Waals surface area contributed by atoms with Crippen LogP contribution in [0.3, 0.4) is 0 Å². The van der Waals surface area contributed by atoms with E-state index in [1.807, 2.05) is 12.1 Å². The summed E-state index contributed by atoms with van der Waals surface area (Å²) in [5, 5.41) is 3.37. The van der Waals surface area contributed by atoms with Gasteiger partial charge >= 0.3 is 0 Å². The van der Waals surface area contributed by atoms with Gasteiger partial charge < -0.3 is 5.32 Å². The van der Waals surface area contributed by atoms with E-state index in [4.69, 9.17) is 0 Å². The molecule has 0 saturated carbocycles. The van der Waals surface area contributed by atoms with Gasteiger partial charge in [-0.15, -0.1) is 0 Å². The summed E-state index contributed by atoms with van der Waals surface area (Å²) in [4.78, 5) is 0. The Hall–Kier alpha value is -0.890. The Labute approximate surface area is 98.1 Å². The lowest BCUT2D eigenvalue weighted by Gasteiger charge is -2.24. The minimum atomic E-state index is -0.157. The van der Waals surface area contributed by atoms with Gasteiger partial charge in [0.05, 0.1) is 0 Å². The molecule has 0 amide bonds. The molecule has 0 aliphatic heterocycles. The second-order valence-electron chi connectivity index (χ2n) is 5.07. The average Bonchev–Trinajstić information content (AvgIpc) is 2.26. The highest BCUT2D eigenvalue weighted by molar-refractivity contribution is 5.16. The van der Waals surface area contributed by atoms with E-state index in [1.54, 1.807) is 0 Å². The van der Waals surface area contributed by atoms with Gasteiger partial charge in [-0.2, -0.15) is 0 Å². The van der Waals surface area contributed by atoms with Crippen LogP contribution < -0.4 is 5.32 Å². The van der Waals surface area contributed by atoms with Gasteiger partial charge in [0, 0.05) is 6.54 Å². The maximum absolute atomic E-state index is 12.7. The molecule has 0 radical (unpaired) electrons. The normalized spacial score (nSPS) is 11.8. The lowest BCUT2D eigenvalue weighted by molar-refractivity contribution is 0.318. The van der Waals surface area contributed by atoms with Crippen LogP contribution in [0.4, 0.5) is 4.39 Å². The fourth-order valence-corrected chi connectivity index (χ4v) is 1.69. The number of hydrogen-bond acceptors (Lipinski definition) is 1. The topological polar surface area (TPSA) is 12.0 Å².